The van der Waals surface area contributed by atoms with Crippen molar-refractivity contribution in [1.82, 2.24) is 5.43 Å². The van der Waals surface area contributed by atoms with E-state index in [4.69, 9.17) is 0 Å². The highest BCUT2D eigenvalue weighted by Gasteiger charge is 2.06. The van der Waals surface area contributed by atoms with Gasteiger partial charge in [-0.3, -0.25) is 9.59 Å². The average molecular weight is 432 g/mol. The largest absolute Gasteiger partial charge is 0.326 e. The number of hydrazone groups is 1. The number of hydrogen-bond acceptors (Lipinski definition) is 4. The Kier molecular flexibility index (Phi) is 8.01. The van der Waals surface area contributed by atoms with Crippen LogP contribution in [0.4, 0.5) is 5.69 Å². The highest BCUT2D eigenvalue weighted by atomic mass is 32.2. The van der Waals surface area contributed by atoms with Crippen LogP contribution in [0.5, 0.6) is 0 Å². The molecule has 2 N–H and O–H groups in total. The summed E-state index contributed by atoms with van der Waals surface area (Å²) in [7, 11) is 0. The van der Waals surface area contributed by atoms with E-state index in [0.29, 0.717) is 11.3 Å². The van der Waals surface area contributed by atoms with Gasteiger partial charge in [-0.05, 0) is 47.9 Å². The van der Waals surface area contributed by atoms with Crippen LogP contribution in [0, 0.1) is 0 Å². The number of rotatable bonds is 8. The van der Waals surface area contributed by atoms with Crippen LogP contribution >= 0.6 is 11.8 Å². The fraction of sp³-hybridized carbons (Fsp3) is 0.160. The van der Waals surface area contributed by atoms with Crippen LogP contribution < -0.4 is 10.7 Å². The second-order valence-electron chi connectivity index (χ2n) is 7.07. The van der Waals surface area contributed by atoms with Crippen molar-refractivity contribution in [2.24, 2.45) is 5.10 Å². The topological polar surface area (TPSA) is 70.6 Å². The summed E-state index contributed by atoms with van der Waals surface area (Å²) in [5.41, 5.74) is 7.91. The molecule has 3 aromatic carbocycles. The Labute approximate surface area is 187 Å². The zero-order valence-corrected chi connectivity index (χ0v) is 18.4. The molecule has 0 saturated heterocycles. The zero-order valence-electron chi connectivity index (χ0n) is 17.6. The first-order valence-corrected chi connectivity index (χ1v) is 11.1. The van der Waals surface area contributed by atoms with Gasteiger partial charge in [0.15, 0.2) is 0 Å². The van der Waals surface area contributed by atoms with Gasteiger partial charge in [-0.1, -0.05) is 54.6 Å². The predicted octanol–water partition coefficient (Wildman–Crippen LogP) is 5.23. The van der Waals surface area contributed by atoms with Crippen LogP contribution in [0.3, 0.4) is 0 Å². The van der Waals surface area contributed by atoms with Gasteiger partial charge in [0, 0.05) is 29.7 Å². The second kappa shape index (κ2) is 11.1. The molecule has 3 aromatic rings. The van der Waals surface area contributed by atoms with Gasteiger partial charge in [0.1, 0.15) is 0 Å². The summed E-state index contributed by atoms with van der Waals surface area (Å²) in [5.74, 6) is 1.48. The summed E-state index contributed by atoms with van der Waals surface area (Å²) in [6.45, 7) is 3.28. The summed E-state index contributed by atoms with van der Waals surface area (Å²) >= 11 is 1.84. The fourth-order valence-electron chi connectivity index (χ4n) is 2.88. The number of anilines is 1. The summed E-state index contributed by atoms with van der Waals surface area (Å²) in [6, 6.07) is 25.3. The van der Waals surface area contributed by atoms with Crippen molar-refractivity contribution in [3.8, 4) is 0 Å². The molecule has 2 amide bonds. The van der Waals surface area contributed by atoms with E-state index >= 15 is 0 Å². The molecule has 0 fully saturated rings. The van der Waals surface area contributed by atoms with E-state index in [0.717, 1.165) is 22.8 Å². The molecule has 0 saturated carbocycles. The van der Waals surface area contributed by atoms with Crippen LogP contribution in [0.1, 0.15) is 40.9 Å². The van der Waals surface area contributed by atoms with E-state index in [1.54, 1.807) is 12.1 Å². The number of hydrogen-bond donors (Lipinski definition) is 2. The average Bonchev–Trinajstić information content (AvgIpc) is 2.78. The third-order valence-corrected chi connectivity index (χ3v) is 5.62. The standard InChI is InChI=1S/C25H25N3O2S/c1-18(22-12-14-24(15-13-22)26-19(2)29)27-28-25(30)23-10-8-21(9-11-23)17-31-16-20-6-4-3-5-7-20/h3-15H,16-17H2,1-2H3,(H,26,29)(H,28,30)/b27-18+. The van der Waals surface area contributed by atoms with E-state index in [9.17, 15) is 9.59 Å². The molecule has 0 bridgehead atoms. The number of carbonyl (C=O) groups is 2. The summed E-state index contributed by atoms with van der Waals surface area (Å²) in [6.07, 6.45) is 0. The molecule has 0 aliphatic carbocycles. The van der Waals surface area contributed by atoms with Gasteiger partial charge >= 0.3 is 0 Å². The Hall–Kier alpha value is -3.38. The van der Waals surface area contributed by atoms with Crippen molar-refractivity contribution < 1.29 is 9.59 Å². The molecule has 0 aliphatic heterocycles. The van der Waals surface area contributed by atoms with Gasteiger partial charge < -0.3 is 5.32 Å². The molecule has 0 aromatic heterocycles. The smallest absolute Gasteiger partial charge is 0.271 e. The lowest BCUT2D eigenvalue weighted by molar-refractivity contribution is -0.114. The molecule has 0 aliphatic rings. The zero-order chi connectivity index (χ0) is 22.1. The number of amides is 2. The van der Waals surface area contributed by atoms with Crippen LogP contribution in [0.2, 0.25) is 0 Å². The van der Waals surface area contributed by atoms with Gasteiger partial charge in [0.05, 0.1) is 5.71 Å². The minimum atomic E-state index is -0.252. The maximum absolute atomic E-state index is 12.4. The molecule has 0 radical (unpaired) electrons. The number of nitrogens with one attached hydrogen (secondary N) is 2. The Balaban J connectivity index is 1.51. The molecule has 0 heterocycles. The van der Waals surface area contributed by atoms with Gasteiger partial charge in [0.2, 0.25) is 5.91 Å². The van der Waals surface area contributed by atoms with Crippen molar-refractivity contribution in [1.29, 1.82) is 0 Å². The molecular formula is C25H25N3O2S. The minimum absolute atomic E-state index is 0.119. The summed E-state index contributed by atoms with van der Waals surface area (Å²) in [4.78, 5) is 23.5. The SMILES string of the molecule is CC(=O)Nc1ccc(/C(C)=N/NC(=O)c2ccc(CSCc3ccccc3)cc2)cc1. The monoisotopic (exact) mass is 431 g/mol. The van der Waals surface area contributed by atoms with E-state index in [1.165, 1.54) is 18.1 Å². The van der Waals surface area contributed by atoms with Gasteiger partial charge in [-0.25, -0.2) is 5.43 Å². The highest BCUT2D eigenvalue weighted by molar-refractivity contribution is 7.97. The number of nitrogens with zero attached hydrogens (tertiary/aromatic N) is 1. The third-order valence-electron chi connectivity index (χ3n) is 4.54. The molecule has 5 nitrogen and oxygen atoms in total. The first-order chi connectivity index (χ1) is 15.0. The Morgan fingerprint density at radius 3 is 1.97 bits per heavy atom. The van der Waals surface area contributed by atoms with Crippen LogP contribution in [-0.4, -0.2) is 17.5 Å². The van der Waals surface area contributed by atoms with Crippen molar-refractivity contribution in [2.45, 2.75) is 25.4 Å². The van der Waals surface area contributed by atoms with E-state index in [-0.39, 0.29) is 11.8 Å². The van der Waals surface area contributed by atoms with Crippen molar-refractivity contribution in [3.05, 3.63) is 101 Å². The number of carbonyl (C=O) groups excluding carboxylic acids is 2. The number of benzene rings is 3. The predicted molar refractivity (Wildman–Crippen MR) is 128 cm³/mol. The Morgan fingerprint density at radius 2 is 1.35 bits per heavy atom. The Morgan fingerprint density at radius 1 is 0.774 bits per heavy atom. The van der Waals surface area contributed by atoms with Crippen LogP contribution in [0.15, 0.2) is 84.0 Å². The first kappa shape index (κ1) is 22.3. The molecule has 0 atom stereocenters. The fourth-order valence-corrected chi connectivity index (χ4v) is 3.83. The maximum Gasteiger partial charge on any atom is 0.271 e. The number of thioether (sulfide) groups is 1. The first-order valence-electron chi connectivity index (χ1n) is 9.94. The Bertz CT molecular complexity index is 1050. The lowest BCUT2D eigenvalue weighted by Gasteiger charge is -2.06. The molecule has 158 valence electrons. The van der Waals surface area contributed by atoms with Crippen molar-refractivity contribution >= 4 is 35.0 Å². The molecule has 3 rings (SSSR count). The highest BCUT2D eigenvalue weighted by Crippen LogP contribution is 2.18. The summed E-state index contributed by atoms with van der Waals surface area (Å²) in [5, 5.41) is 6.91. The van der Waals surface area contributed by atoms with Gasteiger partial charge in [-0.15, -0.1) is 0 Å². The van der Waals surface area contributed by atoms with Crippen LogP contribution in [-0.2, 0) is 16.3 Å². The molecule has 6 heteroatoms. The van der Waals surface area contributed by atoms with Crippen molar-refractivity contribution in [3.63, 3.8) is 0 Å². The van der Waals surface area contributed by atoms with Gasteiger partial charge in [0.25, 0.3) is 5.91 Å². The van der Waals surface area contributed by atoms with E-state index in [2.05, 4.69) is 28.0 Å². The normalized spacial score (nSPS) is 11.1. The minimum Gasteiger partial charge on any atom is -0.326 e. The quantitative estimate of drug-likeness (QED) is 0.379. The molecule has 0 spiro atoms. The summed E-state index contributed by atoms with van der Waals surface area (Å²) < 4.78 is 0. The van der Waals surface area contributed by atoms with E-state index < -0.39 is 0 Å². The third kappa shape index (κ3) is 7.12. The second-order valence-corrected chi connectivity index (χ2v) is 8.06. The van der Waals surface area contributed by atoms with E-state index in [1.807, 2.05) is 73.3 Å². The molecular weight excluding hydrogens is 406 g/mol. The lowest BCUT2D eigenvalue weighted by atomic mass is 10.1. The molecule has 0 unspecified atom stereocenters. The van der Waals surface area contributed by atoms with Crippen LogP contribution in [0.25, 0.3) is 0 Å². The maximum atomic E-state index is 12.4. The lowest BCUT2D eigenvalue weighted by Crippen LogP contribution is -2.19. The van der Waals surface area contributed by atoms with Gasteiger partial charge in [-0.2, -0.15) is 16.9 Å². The van der Waals surface area contributed by atoms with Crippen molar-refractivity contribution in [2.75, 3.05) is 5.32 Å². The molecule has 31 heavy (non-hydrogen) atoms.